The summed E-state index contributed by atoms with van der Waals surface area (Å²) in [5.74, 6) is 0.142. The van der Waals surface area contributed by atoms with Crippen molar-refractivity contribution in [3.8, 4) is 0 Å². The fourth-order valence-corrected chi connectivity index (χ4v) is 8.51. The Morgan fingerprint density at radius 3 is 2.29 bits per heavy atom. The van der Waals surface area contributed by atoms with Crippen LogP contribution in [0.3, 0.4) is 0 Å². The van der Waals surface area contributed by atoms with Gasteiger partial charge in [-0.1, -0.05) is 49.4 Å². The maximum absolute atomic E-state index is 14.3. The number of amides is 1. The maximum atomic E-state index is 14.3. The lowest BCUT2D eigenvalue weighted by molar-refractivity contribution is -0.135. The number of esters is 1. The van der Waals surface area contributed by atoms with E-state index in [4.69, 9.17) is 15.3 Å². The van der Waals surface area contributed by atoms with Crippen molar-refractivity contribution >= 4 is 28.6 Å². The van der Waals surface area contributed by atoms with Gasteiger partial charge in [-0.2, -0.15) is 0 Å². The molecule has 4 aliphatic rings. The summed E-state index contributed by atoms with van der Waals surface area (Å²) in [5, 5.41) is 3.83. The lowest BCUT2D eigenvalue weighted by atomic mass is 9.73. The standard InChI is InChI=1S/C32H43N5O5/c1-2-41-32(40)30(35-42-19-28(33)38)29-31(39)37(27-13-6-5-12-26(27)34-29)25-17-22-10-7-11-23(18-25)36(22)24-15-20-8-3-4-9-21(14-20)16-24/h5-6,12-13,20-25H,2-4,7-11,14-19H2,1H3,(H2,33,38)/b35-30-/t20?,21?,22-,23?,24?,25+/m1/s1. The first-order valence-electron chi connectivity index (χ1n) is 15.9. The van der Waals surface area contributed by atoms with E-state index >= 15 is 0 Å². The van der Waals surface area contributed by atoms with Crippen LogP contribution in [0.25, 0.3) is 11.0 Å². The Labute approximate surface area is 246 Å². The van der Waals surface area contributed by atoms with Crippen LogP contribution in [0.4, 0.5) is 0 Å². The Bertz CT molecular complexity index is 1380. The molecule has 2 saturated heterocycles. The van der Waals surface area contributed by atoms with Crippen molar-refractivity contribution in [3.05, 3.63) is 40.3 Å². The molecular formula is C32H43N5O5. The fourth-order valence-electron chi connectivity index (χ4n) is 8.51. The van der Waals surface area contributed by atoms with Gasteiger partial charge in [0.2, 0.25) is 5.71 Å². The van der Waals surface area contributed by atoms with Gasteiger partial charge in [0, 0.05) is 24.2 Å². The predicted octanol–water partition coefficient (Wildman–Crippen LogP) is 4.08. The Balaban J connectivity index is 1.35. The van der Waals surface area contributed by atoms with E-state index in [1.807, 2.05) is 28.8 Å². The lowest BCUT2D eigenvalue weighted by Crippen LogP contribution is -2.58. The average molecular weight is 578 g/mol. The highest BCUT2D eigenvalue weighted by Gasteiger charge is 2.45. The number of carbonyl (C=O) groups excluding carboxylic acids is 2. The second kappa shape index (κ2) is 12.5. The number of primary amides is 1. The van der Waals surface area contributed by atoms with Gasteiger partial charge in [-0.25, -0.2) is 9.78 Å². The molecule has 4 fully saturated rings. The molecule has 4 bridgehead atoms. The van der Waals surface area contributed by atoms with E-state index in [1.165, 1.54) is 51.4 Å². The van der Waals surface area contributed by atoms with E-state index in [-0.39, 0.29) is 24.1 Å². The third-order valence-corrected chi connectivity index (χ3v) is 10.00. The number of para-hydroxylation sites is 2. The minimum absolute atomic E-state index is 0.0310. The second-order valence-corrected chi connectivity index (χ2v) is 12.7. The van der Waals surface area contributed by atoms with Gasteiger partial charge in [-0.15, -0.1) is 0 Å². The van der Waals surface area contributed by atoms with Crippen molar-refractivity contribution in [1.82, 2.24) is 14.5 Å². The van der Waals surface area contributed by atoms with Crippen LogP contribution in [-0.2, 0) is 19.2 Å². The SMILES string of the molecule is CCOC(=O)/C(=N\OCC(N)=O)c1nc2ccccc2n([C@@H]2CC3CCC[C@H](C2)N3C2CC3CCCCC(C3)C2)c1=O. The molecule has 3 heterocycles. The van der Waals surface area contributed by atoms with Crippen LogP contribution in [0.15, 0.2) is 34.2 Å². The van der Waals surface area contributed by atoms with Crippen LogP contribution in [0.5, 0.6) is 0 Å². The quantitative estimate of drug-likeness (QED) is 0.284. The first-order chi connectivity index (χ1) is 20.4. The number of fused-ring (bicyclic) bond motifs is 5. The van der Waals surface area contributed by atoms with E-state index < -0.39 is 24.0 Å². The highest BCUT2D eigenvalue weighted by Crippen LogP contribution is 2.47. The molecule has 226 valence electrons. The topological polar surface area (TPSA) is 129 Å². The van der Waals surface area contributed by atoms with Crippen LogP contribution in [0, 0.1) is 11.8 Å². The summed E-state index contributed by atoms with van der Waals surface area (Å²) in [5.41, 5.74) is 5.62. The zero-order valence-corrected chi connectivity index (χ0v) is 24.6. The third kappa shape index (κ3) is 5.82. The van der Waals surface area contributed by atoms with E-state index in [2.05, 4.69) is 15.0 Å². The Hall–Kier alpha value is -3.27. The van der Waals surface area contributed by atoms with Crippen LogP contribution in [0.2, 0.25) is 0 Å². The number of oxime groups is 1. The molecule has 2 N–H and O–H groups in total. The summed E-state index contributed by atoms with van der Waals surface area (Å²) in [6.45, 7) is 1.22. The van der Waals surface area contributed by atoms with Gasteiger partial charge in [0.25, 0.3) is 11.5 Å². The number of hydrogen-bond donors (Lipinski definition) is 1. The number of benzene rings is 1. The summed E-state index contributed by atoms with van der Waals surface area (Å²) in [6.07, 6.45) is 14.9. The predicted molar refractivity (Wildman–Crippen MR) is 159 cm³/mol. The zero-order chi connectivity index (χ0) is 29.2. The second-order valence-electron chi connectivity index (χ2n) is 12.7. The molecule has 2 aliphatic carbocycles. The molecule has 1 aromatic heterocycles. The summed E-state index contributed by atoms with van der Waals surface area (Å²) < 4.78 is 7.03. The van der Waals surface area contributed by atoms with Crippen LogP contribution in [-0.4, -0.2) is 63.4 Å². The van der Waals surface area contributed by atoms with Crippen molar-refractivity contribution < 1.29 is 19.2 Å². The molecule has 3 unspecified atom stereocenters. The molecule has 2 saturated carbocycles. The van der Waals surface area contributed by atoms with Gasteiger partial charge in [0.15, 0.2) is 12.3 Å². The number of nitrogens with zero attached hydrogens (tertiary/aromatic N) is 4. The van der Waals surface area contributed by atoms with Crippen molar-refractivity contribution in [2.45, 2.75) is 108 Å². The molecule has 2 aliphatic heterocycles. The molecule has 6 rings (SSSR count). The summed E-state index contributed by atoms with van der Waals surface area (Å²) in [4.78, 5) is 50.9. The number of hydrogen-bond acceptors (Lipinski definition) is 8. The zero-order valence-electron chi connectivity index (χ0n) is 24.6. The van der Waals surface area contributed by atoms with Crippen LogP contribution in [0.1, 0.15) is 95.7 Å². The highest BCUT2D eigenvalue weighted by atomic mass is 16.6. The Morgan fingerprint density at radius 2 is 1.62 bits per heavy atom. The van der Waals surface area contributed by atoms with Crippen molar-refractivity contribution in [3.63, 3.8) is 0 Å². The molecule has 1 aromatic carbocycles. The first-order valence-corrected chi connectivity index (χ1v) is 15.9. The molecule has 10 heteroatoms. The van der Waals surface area contributed by atoms with E-state index in [0.717, 1.165) is 43.0 Å². The van der Waals surface area contributed by atoms with Gasteiger partial charge in [-0.3, -0.25) is 14.5 Å². The van der Waals surface area contributed by atoms with E-state index in [9.17, 15) is 14.4 Å². The number of carbonyl (C=O) groups is 2. The number of rotatable bonds is 8. The smallest absolute Gasteiger partial charge is 0.362 e. The molecule has 0 radical (unpaired) electrons. The number of ether oxygens (including phenoxy) is 1. The molecule has 5 atom stereocenters. The highest BCUT2D eigenvalue weighted by molar-refractivity contribution is 6.42. The molecule has 1 amide bonds. The van der Waals surface area contributed by atoms with Gasteiger partial charge in [0.05, 0.1) is 17.6 Å². The van der Waals surface area contributed by atoms with Crippen LogP contribution < -0.4 is 11.3 Å². The van der Waals surface area contributed by atoms with Gasteiger partial charge in [-0.05, 0) is 75.8 Å². The van der Waals surface area contributed by atoms with Gasteiger partial charge < -0.3 is 19.9 Å². The van der Waals surface area contributed by atoms with E-state index in [1.54, 1.807) is 6.92 Å². The lowest BCUT2D eigenvalue weighted by Gasteiger charge is -2.54. The molecular weight excluding hydrogens is 534 g/mol. The number of piperidine rings is 2. The minimum Gasteiger partial charge on any atom is -0.461 e. The summed E-state index contributed by atoms with van der Waals surface area (Å²) >= 11 is 0. The summed E-state index contributed by atoms with van der Waals surface area (Å²) in [7, 11) is 0. The molecule has 0 spiro atoms. The Morgan fingerprint density at radius 1 is 0.929 bits per heavy atom. The number of aromatic nitrogens is 2. The number of nitrogens with two attached hydrogens (primary N) is 1. The third-order valence-electron chi connectivity index (χ3n) is 10.00. The van der Waals surface area contributed by atoms with Crippen molar-refractivity contribution in [2.24, 2.45) is 22.7 Å². The van der Waals surface area contributed by atoms with Crippen LogP contribution >= 0.6 is 0 Å². The maximum Gasteiger partial charge on any atom is 0.362 e. The van der Waals surface area contributed by atoms with Gasteiger partial charge in [0.1, 0.15) is 0 Å². The summed E-state index contributed by atoms with van der Waals surface area (Å²) in [6, 6.07) is 9.02. The van der Waals surface area contributed by atoms with Gasteiger partial charge >= 0.3 is 5.97 Å². The minimum atomic E-state index is -0.834. The van der Waals surface area contributed by atoms with E-state index in [0.29, 0.717) is 23.6 Å². The average Bonchev–Trinajstić information content (AvgIpc) is 3.13. The molecule has 10 nitrogen and oxygen atoms in total. The Kier molecular flexibility index (Phi) is 8.60. The van der Waals surface area contributed by atoms with Crippen molar-refractivity contribution in [2.75, 3.05) is 13.2 Å². The van der Waals surface area contributed by atoms with Crippen molar-refractivity contribution in [1.29, 1.82) is 0 Å². The molecule has 42 heavy (non-hydrogen) atoms. The first kappa shape index (κ1) is 28.8. The monoisotopic (exact) mass is 577 g/mol. The fraction of sp³-hybridized carbons (Fsp3) is 0.656. The normalized spacial score (nSPS) is 30.0. The molecule has 2 aromatic rings. The largest absolute Gasteiger partial charge is 0.461 e.